The fourth-order valence-corrected chi connectivity index (χ4v) is 3.79. The molecule has 172 valence electrons. The molecular formula is C22H20F3N5O3. The number of alkyl halides is 3. The SMILES string of the molecule is Cc1cc(Nc2nccc(C(F)(F)F)n2)cc(-c2ccc(N3CC[C@H](O)[C@H]3C(=O)O)nc2)c1. The predicted molar refractivity (Wildman–Crippen MR) is 114 cm³/mol. The lowest BCUT2D eigenvalue weighted by molar-refractivity contribution is -0.141. The minimum absolute atomic E-state index is 0.179. The zero-order valence-electron chi connectivity index (χ0n) is 17.4. The lowest BCUT2D eigenvalue weighted by atomic mass is 10.0. The van der Waals surface area contributed by atoms with Crippen molar-refractivity contribution in [2.24, 2.45) is 0 Å². The van der Waals surface area contributed by atoms with Crippen LogP contribution in [-0.2, 0) is 11.0 Å². The van der Waals surface area contributed by atoms with Crippen molar-refractivity contribution in [1.82, 2.24) is 15.0 Å². The number of aliphatic carboxylic acids is 1. The average Bonchev–Trinajstić information content (AvgIpc) is 3.15. The van der Waals surface area contributed by atoms with Gasteiger partial charge in [0.25, 0.3) is 0 Å². The van der Waals surface area contributed by atoms with Crippen molar-refractivity contribution in [3.63, 3.8) is 0 Å². The van der Waals surface area contributed by atoms with Gasteiger partial charge in [0.15, 0.2) is 6.04 Å². The smallest absolute Gasteiger partial charge is 0.433 e. The van der Waals surface area contributed by atoms with E-state index in [2.05, 4.69) is 20.3 Å². The number of carboxylic acid groups (broad SMARTS) is 1. The van der Waals surface area contributed by atoms with Gasteiger partial charge in [-0.15, -0.1) is 0 Å². The summed E-state index contributed by atoms with van der Waals surface area (Å²) in [7, 11) is 0. The Morgan fingerprint density at radius 1 is 1.15 bits per heavy atom. The van der Waals surface area contributed by atoms with Gasteiger partial charge in [-0.25, -0.2) is 19.7 Å². The van der Waals surface area contributed by atoms with Crippen molar-refractivity contribution >= 4 is 23.4 Å². The fraction of sp³-hybridized carbons (Fsp3) is 0.273. The molecule has 0 aliphatic carbocycles. The molecule has 2 aromatic heterocycles. The summed E-state index contributed by atoms with van der Waals surface area (Å²) >= 11 is 0. The molecule has 0 spiro atoms. The molecule has 0 amide bonds. The molecule has 0 saturated carbocycles. The highest BCUT2D eigenvalue weighted by Gasteiger charge is 2.39. The van der Waals surface area contributed by atoms with Gasteiger partial charge >= 0.3 is 12.1 Å². The fourth-order valence-electron chi connectivity index (χ4n) is 3.79. The number of carbonyl (C=O) groups is 1. The summed E-state index contributed by atoms with van der Waals surface area (Å²) < 4.78 is 38.7. The first kappa shape index (κ1) is 22.5. The van der Waals surface area contributed by atoms with Crippen LogP contribution in [0.3, 0.4) is 0 Å². The van der Waals surface area contributed by atoms with Crippen molar-refractivity contribution in [3.8, 4) is 11.1 Å². The van der Waals surface area contributed by atoms with Crippen molar-refractivity contribution in [3.05, 3.63) is 60.0 Å². The molecule has 8 nitrogen and oxygen atoms in total. The van der Waals surface area contributed by atoms with E-state index in [1.54, 1.807) is 35.4 Å². The van der Waals surface area contributed by atoms with Crippen LogP contribution in [0.1, 0.15) is 17.7 Å². The molecule has 11 heteroatoms. The van der Waals surface area contributed by atoms with Crippen LogP contribution in [0.4, 0.5) is 30.6 Å². The molecule has 2 atom stereocenters. The third-order valence-corrected chi connectivity index (χ3v) is 5.27. The maximum Gasteiger partial charge on any atom is 0.433 e. The van der Waals surface area contributed by atoms with Crippen LogP contribution in [0.2, 0.25) is 0 Å². The second-order valence-corrected chi connectivity index (χ2v) is 7.71. The summed E-state index contributed by atoms with van der Waals surface area (Å²) in [5.41, 5.74) is 1.78. The monoisotopic (exact) mass is 459 g/mol. The van der Waals surface area contributed by atoms with Gasteiger partial charge in [0.1, 0.15) is 11.5 Å². The van der Waals surface area contributed by atoms with E-state index in [9.17, 15) is 28.2 Å². The van der Waals surface area contributed by atoms with Gasteiger partial charge in [0.05, 0.1) is 6.10 Å². The number of aliphatic hydroxyl groups excluding tert-OH is 1. The molecule has 0 unspecified atom stereocenters. The van der Waals surface area contributed by atoms with E-state index in [1.165, 1.54) is 0 Å². The number of halogens is 3. The molecule has 3 aromatic rings. The van der Waals surface area contributed by atoms with E-state index in [0.29, 0.717) is 24.5 Å². The summed E-state index contributed by atoms with van der Waals surface area (Å²) in [5.74, 6) is -0.856. The number of rotatable bonds is 5. The zero-order chi connectivity index (χ0) is 23.8. The van der Waals surface area contributed by atoms with Gasteiger partial charge in [0.2, 0.25) is 5.95 Å². The molecule has 0 radical (unpaired) electrons. The Hall–Kier alpha value is -3.73. The van der Waals surface area contributed by atoms with Gasteiger partial charge in [0, 0.05) is 30.2 Å². The van der Waals surface area contributed by atoms with Crippen LogP contribution >= 0.6 is 0 Å². The number of nitrogens with zero attached hydrogens (tertiary/aromatic N) is 4. The molecule has 0 bridgehead atoms. The molecule has 1 aliphatic rings. The standard InChI is InChI=1S/C22H20F3N5O3/c1-12-8-14(10-15(9-12)28-21-26-6-4-17(29-21)22(23,24)25)13-2-3-18(27-11-13)30-7-5-16(31)19(30)20(32)33/h2-4,6,8-11,16,19,31H,5,7H2,1H3,(H,32,33)(H,26,28,29)/t16-,19-/m0/s1. The summed E-state index contributed by atoms with van der Waals surface area (Å²) in [6, 6.07) is 8.55. The number of aryl methyl sites for hydroxylation is 1. The van der Waals surface area contributed by atoms with Crippen molar-refractivity contribution < 1.29 is 28.2 Å². The molecule has 1 aromatic carbocycles. The molecule has 1 fully saturated rings. The second kappa shape index (κ2) is 8.66. The number of hydrogen-bond donors (Lipinski definition) is 3. The topological polar surface area (TPSA) is 111 Å². The number of anilines is 3. The Kier molecular flexibility index (Phi) is 5.90. The first-order chi connectivity index (χ1) is 15.6. The quantitative estimate of drug-likeness (QED) is 0.531. The largest absolute Gasteiger partial charge is 0.480 e. The molecule has 33 heavy (non-hydrogen) atoms. The maximum atomic E-state index is 12.9. The summed E-state index contributed by atoms with van der Waals surface area (Å²) in [6.07, 6.45) is -2.58. The minimum Gasteiger partial charge on any atom is -0.480 e. The number of nitrogens with one attached hydrogen (secondary N) is 1. The number of hydrogen-bond acceptors (Lipinski definition) is 7. The van der Waals surface area contributed by atoms with E-state index in [0.717, 1.165) is 29.0 Å². The Bertz CT molecular complexity index is 1170. The van der Waals surface area contributed by atoms with E-state index in [1.807, 2.05) is 13.0 Å². The molecule has 1 saturated heterocycles. The highest BCUT2D eigenvalue weighted by atomic mass is 19.4. The highest BCUT2D eigenvalue weighted by molar-refractivity contribution is 5.80. The van der Waals surface area contributed by atoms with Gasteiger partial charge in [-0.1, -0.05) is 6.07 Å². The van der Waals surface area contributed by atoms with Crippen LogP contribution in [-0.4, -0.2) is 49.8 Å². The summed E-state index contributed by atoms with van der Waals surface area (Å²) in [4.78, 5) is 24.8. The third kappa shape index (κ3) is 4.87. The van der Waals surface area contributed by atoms with Gasteiger partial charge < -0.3 is 20.4 Å². The third-order valence-electron chi connectivity index (χ3n) is 5.27. The van der Waals surface area contributed by atoms with Crippen LogP contribution in [0, 0.1) is 6.92 Å². The number of aromatic nitrogens is 3. The number of benzene rings is 1. The van der Waals surface area contributed by atoms with Crippen LogP contribution in [0.25, 0.3) is 11.1 Å². The van der Waals surface area contributed by atoms with E-state index in [4.69, 9.17) is 0 Å². The molecule has 4 rings (SSSR count). The lowest BCUT2D eigenvalue weighted by Gasteiger charge is -2.23. The van der Waals surface area contributed by atoms with Gasteiger partial charge in [-0.2, -0.15) is 13.2 Å². The van der Waals surface area contributed by atoms with E-state index < -0.39 is 30.0 Å². The second-order valence-electron chi connectivity index (χ2n) is 7.71. The highest BCUT2D eigenvalue weighted by Crippen LogP contribution is 2.31. The van der Waals surface area contributed by atoms with E-state index >= 15 is 0 Å². The van der Waals surface area contributed by atoms with Gasteiger partial charge in [-0.05, 0) is 54.8 Å². The zero-order valence-corrected chi connectivity index (χ0v) is 17.4. The van der Waals surface area contributed by atoms with Crippen LogP contribution in [0.15, 0.2) is 48.8 Å². The Morgan fingerprint density at radius 2 is 1.94 bits per heavy atom. The molecule has 3 N–H and O–H groups in total. The Balaban J connectivity index is 1.58. The number of pyridine rings is 1. The normalized spacial score (nSPS) is 18.4. The summed E-state index contributed by atoms with van der Waals surface area (Å²) in [6.45, 7) is 2.21. The van der Waals surface area contributed by atoms with Crippen molar-refractivity contribution in [1.29, 1.82) is 0 Å². The predicted octanol–water partition coefficient (Wildman–Crippen LogP) is 3.63. The lowest BCUT2D eigenvalue weighted by Crippen LogP contribution is -2.42. The average molecular weight is 459 g/mol. The maximum absolute atomic E-state index is 12.9. The van der Waals surface area contributed by atoms with Crippen LogP contribution < -0.4 is 10.2 Å². The van der Waals surface area contributed by atoms with E-state index in [-0.39, 0.29) is 5.95 Å². The minimum atomic E-state index is -4.57. The van der Waals surface area contributed by atoms with Crippen LogP contribution in [0.5, 0.6) is 0 Å². The first-order valence-corrected chi connectivity index (χ1v) is 10.0. The molecular weight excluding hydrogens is 439 g/mol. The first-order valence-electron chi connectivity index (χ1n) is 10.0. The summed E-state index contributed by atoms with van der Waals surface area (Å²) in [5, 5.41) is 22.1. The molecule has 3 heterocycles. The van der Waals surface area contributed by atoms with Crippen molar-refractivity contribution in [2.75, 3.05) is 16.8 Å². The Labute approximate surface area is 186 Å². The molecule has 1 aliphatic heterocycles. The van der Waals surface area contributed by atoms with Crippen molar-refractivity contribution in [2.45, 2.75) is 31.7 Å². The number of carboxylic acids is 1. The van der Waals surface area contributed by atoms with Gasteiger partial charge in [-0.3, -0.25) is 0 Å². The number of aliphatic hydroxyl groups is 1. The Morgan fingerprint density at radius 3 is 2.61 bits per heavy atom.